The molecule has 100 valence electrons. The van der Waals surface area contributed by atoms with Crippen LogP contribution in [-0.2, 0) is 5.41 Å². The van der Waals surface area contributed by atoms with Gasteiger partial charge in [0, 0.05) is 13.1 Å². The molecule has 1 aliphatic rings. The van der Waals surface area contributed by atoms with Gasteiger partial charge in [0.2, 0.25) is 0 Å². The second-order valence-corrected chi connectivity index (χ2v) is 4.68. The summed E-state index contributed by atoms with van der Waals surface area (Å²) in [4.78, 5) is 12.0. The van der Waals surface area contributed by atoms with Gasteiger partial charge in [0.1, 0.15) is 11.8 Å². The molecule has 1 aromatic rings. The topological polar surface area (TPSA) is 76.4 Å². The average Bonchev–Trinajstić information content (AvgIpc) is 2.47. The number of nitrogens with zero attached hydrogens (tertiary/aromatic N) is 2. The van der Waals surface area contributed by atoms with Crippen LogP contribution >= 0.6 is 0 Å². The first-order chi connectivity index (χ1) is 9.11. The highest BCUT2D eigenvalue weighted by molar-refractivity contribution is 5.62. The fourth-order valence-electron chi connectivity index (χ4n) is 2.46. The van der Waals surface area contributed by atoms with Crippen molar-refractivity contribution in [3.05, 3.63) is 29.8 Å². The largest absolute Gasteiger partial charge is 0.530 e. The number of hydrogen-bond donors (Lipinski definition) is 0. The first-order valence-electron chi connectivity index (χ1n) is 6.13. The minimum Gasteiger partial charge on any atom is -0.530 e. The highest BCUT2D eigenvalue weighted by Gasteiger charge is 2.36. The van der Waals surface area contributed by atoms with Crippen LogP contribution in [0.5, 0.6) is 5.75 Å². The lowest BCUT2D eigenvalue weighted by atomic mass is 9.74. The minimum absolute atomic E-state index is 0.326. The molecule has 0 N–H and O–H groups in total. The number of carbonyl (C=O) groups is 1. The number of carbonyl (C=O) groups excluding carboxylic acids is 1. The first kappa shape index (κ1) is 13.2. The molecular weight excluding hydrogens is 244 g/mol. The van der Waals surface area contributed by atoms with Crippen molar-refractivity contribution in [1.82, 2.24) is 4.90 Å². The van der Waals surface area contributed by atoms with Crippen LogP contribution in [0.15, 0.2) is 24.3 Å². The predicted molar refractivity (Wildman–Crippen MR) is 66.5 cm³/mol. The molecule has 0 bridgehead atoms. The monoisotopic (exact) mass is 259 g/mol. The lowest BCUT2D eigenvalue weighted by Crippen LogP contribution is -2.49. The number of ether oxygens (including phenoxy) is 1. The molecule has 1 fully saturated rings. The maximum Gasteiger partial charge on any atom is 0.136 e. The van der Waals surface area contributed by atoms with Crippen LogP contribution in [0.3, 0.4) is 0 Å². The van der Waals surface area contributed by atoms with Gasteiger partial charge in [-0.1, -0.05) is 12.1 Å². The van der Waals surface area contributed by atoms with E-state index in [4.69, 9.17) is 4.74 Å². The van der Waals surface area contributed by atoms with Crippen molar-refractivity contribution in [3.8, 4) is 11.8 Å². The van der Waals surface area contributed by atoms with Crippen molar-refractivity contribution < 1.29 is 14.6 Å². The van der Waals surface area contributed by atoms with E-state index in [0.29, 0.717) is 31.7 Å². The summed E-state index contributed by atoms with van der Waals surface area (Å²) in [6.45, 7) is 0.653. The number of hydrogen-bond acceptors (Lipinski definition) is 4. The zero-order valence-corrected chi connectivity index (χ0v) is 10.8. The normalized spacial score (nSPS) is 17.6. The van der Waals surface area contributed by atoms with Crippen molar-refractivity contribution in [2.24, 2.45) is 0 Å². The SMILES string of the molecule is COc1cccc(C2(C#N)CCN(C(=O)[O-])CC2)c1. The summed E-state index contributed by atoms with van der Waals surface area (Å²) in [5.74, 6) is 0.703. The van der Waals surface area contributed by atoms with E-state index >= 15 is 0 Å². The summed E-state index contributed by atoms with van der Waals surface area (Å²) >= 11 is 0. The van der Waals surface area contributed by atoms with Crippen molar-refractivity contribution in [3.63, 3.8) is 0 Å². The average molecular weight is 259 g/mol. The summed E-state index contributed by atoms with van der Waals surface area (Å²) in [5.41, 5.74) is 0.243. The van der Waals surface area contributed by atoms with E-state index in [2.05, 4.69) is 6.07 Å². The number of nitriles is 1. The molecule has 0 spiro atoms. The van der Waals surface area contributed by atoms with Crippen LogP contribution in [0.25, 0.3) is 0 Å². The molecule has 0 aliphatic carbocycles. The third-order valence-electron chi connectivity index (χ3n) is 3.71. The maximum absolute atomic E-state index is 10.8. The van der Waals surface area contributed by atoms with E-state index in [9.17, 15) is 15.2 Å². The summed E-state index contributed by atoms with van der Waals surface area (Å²) < 4.78 is 5.17. The third-order valence-corrected chi connectivity index (χ3v) is 3.71. The van der Waals surface area contributed by atoms with Gasteiger partial charge in [-0.15, -0.1) is 0 Å². The van der Waals surface area contributed by atoms with Gasteiger partial charge in [0.05, 0.1) is 18.6 Å². The second-order valence-electron chi connectivity index (χ2n) is 4.68. The van der Waals surface area contributed by atoms with Gasteiger partial charge in [0.15, 0.2) is 0 Å². The summed E-state index contributed by atoms with van der Waals surface area (Å²) in [6.07, 6.45) is -0.216. The van der Waals surface area contributed by atoms with E-state index in [-0.39, 0.29) is 0 Å². The molecule has 1 saturated heterocycles. The minimum atomic E-state index is -1.17. The molecule has 5 nitrogen and oxygen atoms in total. The van der Waals surface area contributed by atoms with Gasteiger partial charge in [0.25, 0.3) is 0 Å². The molecule has 0 aromatic heterocycles. The first-order valence-corrected chi connectivity index (χ1v) is 6.13. The Morgan fingerprint density at radius 2 is 2.16 bits per heavy atom. The zero-order valence-electron chi connectivity index (χ0n) is 10.8. The molecule has 0 radical (unpaired) electrons. The molecule has 19 heavy (non-hydrogen) atoms. The number of carboxylic acid groups (broad SMARTS) is 1. The molecule has 1 amide bonds. The molecule has 0 unspecified atom stereocenters. The summed E-state index contributed by atoms with van der Waals surface area (Å²) in [7, 11) is 1.58. The van der Waals surface area contributed by atoms with Crippen molar-refractivity contribution in [2.45, 2.75) is 18.3 Å². The van der Waals surface area contributed by atoms with E-state index in [1.165, 1.54) is 4.90 Å². The van der Waals surface area contributed by atoms with Gasteiger partial charge in [-0.05, 0) is 30.5 Å². The Labute approximate surface area is 112 Å². The van der Waals surface area contributed by atoms with E-state index in [1.807, 2.05) is 24.3 Å². The molecule has 5 heteroatoms. The van der Waals surface area contributed by atoms with Crippen LogP contribution in [-0.4, -0.2) is 31.2 Å². The van der Waals surface area contributed by atoms with Gasteiger partial charge in [-0.25, -0.2) is 0 Å². The zero-order chi connectivity index (χ0) is 13.9. The summed E-state index contributed by atoms with van der Waals surface area (Å²) in [6, 6.07) is 9.75. The molecular formula is C14H15N2O3-. The number of rotatable bonds is 2. The Bertz CT molecular complexity index is 514. The lowest BCUT2D eigenvalue weighted by Gasteiger charge is -2.38. The molecule has 1 aliphatic heterocycles. The lowest BCUT2D eigenvalue weighted by molar-refractivity contribution is -0.266. The molecule has 0 saturated carbocycles. The maximum atomic E-state index is 10.8. The molecule has 2 rings (SSSR count). The van der Waals surface area contributed by atoms with Crippen LogP contribution < -0.4 is 9.84 Å². The Hall–Kier alpha value is -2.22. The van der Waals surface area contributed by atoms with Crippen molar-refractivity contribution >= 4 is 6.09 Å². The number of likely N-dealkylation sites (tertiary alicyclic amines) is 1. The van der Waals surface area contributed by atoms with Gasteiger partial charge in [-0.2, -0.15) is 5.26 Å². The van der Waals surface area contributed by atoms with Crippen molar-refractivity contribution in [2.75, 3.05) is 20.2 Å². The molecule has 0 atom stereocenters. The van der Waals surface area contributed by atoms with Gasteiger partial charge in [-0.3, -0.25) is 0 Å². The number of piperidine rings is 1. The smallest absolute Gasteiger partial charge is 0.136 e. The van der Waals surface area contributed by atoms with Crippen LogP contribution in [0.2, 0.25) is 0 Å². The standard InChI is InChI=1S/C14H16N2O3/c1-19-12-4-2-3-11(9-12)14(10-15)5-7-16(8-6-14)13(17)18/h2-4,9H,5-8H2,1H3,(H,17,18)/p-1. The van der Waals surface area contributed by atoms with E-state index in [0.717, 1.165) is 5.56 Å². The van der Waals surface area contributed by atoms with E-state index in [1.54, 1.807) is 7.11 Å². The Balaban J connectivity index is 2.25. The highest BCUT2D eigenvalue weighted by Crippen LogP contribution is 2.36. The number of methoxy groups -OCH3 is 1. The molecule has 1 heterocycles. The van der Waals surface area contributed by atoms with Crippen LogP contribution in [0, 0.1) is 11.3 Å². The van der Waals surface area contributed by atoms with Crippen LogP contribution in [0.1, 0.15) is 18.4 Å². The second kappa shape index (κ2) is 5.19. The van der Waals surface area contributed by atoms with Crippen molar-refractivity contribution in [1.29, 1.82) is 5.26 Å². The number of benzene rings is 1. The third kappa shape index (κ3) is 2.48. The Kier molecular flexibility index (Phi) is 3.61. The Morgan fingerprint density at radius 1 is 1.47 bits per heavy atom. The van der Waals surface area contributed by atoms with Crippen LogP contribution in [0.4, 0.5) is 4.79 Å². The predicted octanol–water partition coefficient (Wildman–Crippen LogP) is 0.896. The number of amides is 1. The van der Waals surface area contributed by atoms with Gasteiger partial charge < -0.3 is 19.5 Å². The summed E-state index contributed by atoms with van der Waals surface area (Å²) in [5, 5.41) is 20.3. The van der Waals surface area contributed by atoms with E-state index < -0.39 is 11.5 Å². The fraction of sp³-hybridized carbons (Fsp3) is 0.429. The molecule has 1 aromatic carbocycles. The van der Waals surface area contributed by atoms with Gasteiger partial charge >= 0.3 is 0 Å². The fourth-order valence-corrected chi connectivity index (χ4v) is 2.46. The Morgan fingerprint density at radius 3 is 2.68 bits per heavy atom. The highest BCUT2D eigenvalue weighted by atomic mass is 16.5. The quantitative estimate of drug-likeness (QED) is 0.790.